The maximum Gasteiger partial charge on any atom is 0.255 e. The van der Waals surface area contributed by atoms with Crippen molar-refractivity contribution in [1.29, 1.82) is 0 Å². The van der Waals surface area contributed by atoms with Gasteiger partial charge in [-0.2, -0.15) is 0 Å². The molecule has 6 nitrogen and oxygen atoms in total. The van der Waals surface area contributed by atoms with E-state index >= 15 is 0 Å². The molecule has 2 N–H and O–H groups in total. The van der Waals surface area contributed by atoms with Crippen LogP contribution in [0.1, 0.15) is 47.5 Å². The van der Waals surface area contributed by atoms with Crippen molar-refractivity contribution < 1.29 is 9.59 Å². The number of nitrogens with zero attached hydrogens (tertiary/aromatic N) is 3. The average molecular weight is 380 g/mol. The summed E-state index contributed by atoms with van der Waals surface area (Å²) >= 11 is 0. The van der Waals surface area contributed by atoms with Crippen molar-refractivity contribution in [2.45, 2.75) is 31.6 Å². The van der Waals surface area contributed by atoms with Gasteiger partial charge < -0.3 is 15.5 Å². The molecule has 6 heteroatoms. The zero-order chi connectivity index (χ0) is 19.9. The number of carbonyl (C=O) groups excluding carboxylic acids is 2. The standard InChI is InChI=1S/C22H28N4O2/c1-25(14-12-20(23)27)21-10-9-19(16-24-21)22(28)26-13-5-8-18(11-15-26)17-6-3-2-4-7-17/h2-4,6-7,9-10,16,18H,5,8,11-15H2,1H3,(H2,23,27). The van der Waals surface area contributed by atoms with Crippen LogP contribution >= 0.6 is 0 Å². The lowest BCUT2D eigenvalue weighted by atomic mass is 9.92. The molecule has 1 unspecified atom stereocenters. The van der Waals surface area contributed by atoms with E-state index in [2.05, 4.69) is 29.2 Å². The van der Waals surface area contributed by atoms with E-state index in [0.717, 1.165) is 38.2 Å². The fraction of sp³-hybridized carbons (Fsp3) is 0.409. The normalized spacial score (nSPS) is 17.0. The summed E-state index contributed by atoms with van der Waals surface area (Å²) < 4.78 is 0. The van der Waals surface area contributed by atoms with Crippen LogP contribution in [0, 0.1) is 0 Å². The monoisotopic (exact) mass is 380 g/mol. The zero-order valence-corrected chi connectivity index (χ0v) is 16.4. The smallest absolute Gasteiger partial charge is 0.255 e. The Bertz CT molecular complexity index is 792. The molecule has 1 atom stereocenters. The maximum absolute atomic E-state index is 12.9. The van der Waals surface area contributed by atoms with Gasteiger partial charge in [0.15, 0.2) is 0 Å². The summed E-state index contributed by atoms with van der Waals surface area (Å²) in [7, 11) is 1.85. The van der Waals surface area contributed by atoms with Gasteiger partial charge in [0, 0.05) is 39.3 Å². The van der Waals surface area contributed by atoms with Gasteiger partial charge in [-0.05, 0) is 42.9 Å². The lowest BCUT2D eigenvalue weighted by Crippen LogP contribution is -2.32. The second kappa shape index (κ2) is 9.35. The summed E-state index contributed by atoms with van der Waals surface area (Å²) in [4.78, 5) is 32.0. The number of hydrogen-bond donors (Lipinski definition) is 1. The average Bonchev–Trinajstić information content (AvgIpc) is 2.98. The fourth-order valence-electron chi connectivity index (χ4n) is 3.67. The Morgan fingerprint density at radius 3 is 2.61 bits per heavy atom. The summed E-state index contributed by atoms with van der Waals surface area (Å²) in [5.74, 6) is 0.928. The molecular weight excluding hydrogens is 352 g/mol. The zero-order valence-electron chi connectivity index (χ0n) is 16.4. The highest BCUT2D eigenvalue weighted by Crippen LogP contribution is 2.28. The van der Waals surface area contributed by atoms with Crippen LogP contribution < -0.4 is 10.6 Å². The van der Waals surface area contributed by atoms with Crippen LogP contribution in [0.2, 0.25) is 0 Å². The van der Waals surface area contributed by atoms with Crippen LogP contribution in [0.3, 0.4) is 0 Å². The molecule has 1 aliphatic rings. The molecule has 3 rings (SSSR count). The van der Waals surface area contributed by atoms with E-state index in [1.54, 1.807) is 6.20 Å². The van der Waals surface area contributed by atoms with Crippen LogP contribution in [-0.2, 0) is 4.79 Å². The minimum atomic E-state index is -0.339. The third-order valence-corrected chi connectivity index (χ3v) is 5.37. The number of aromatic nitrogens is 1. The number of anilines is 1. The first-order valence-electron chi connectivity index (χ1n) is 9.84. The van der Waals surface area contributed by atoms with Crippen LogP contribution in [0.15, 0.2) is 48.7 Å². The van der Waals surface area contributed by atoms with Gasteiger partial charge >= 0.3 is 0 Å². The summed E-state index contributed by atoms with van der Waals surface area (Å²) in [6, 6.07) is 14.2. The third kappa shape index (κ3) is 5.09. The van der Waals surface area contributed by atoms with Crippen LogP contribution in [0.5, 0.6) is 0 Å². The van der Waals surface area contributed by atoms with Crippen molar-refractivity contribution in [3.63, 3.8) is 0 Å². The second-order valence-corrected chi connectivity index (χ2v) is 7.37. The van der Waals surface area contributed by atoms with Gasteiger partial charge in [-0.15, -0.1) is 0 Å². The van der Waals surface area contributed by atoms with E-state index < -0.39 is 0 Å². The Labute approximate surface area is 166 Å². The van der Waals surface area contributed by atoms with Crippen molar-refractivity contribution >= 4 is 17.6 Å². The van der Waals surface area contributed by atoms with Crippen molar-refractivity contribution in [3.05, 3.63) is 59.8 Å². The topological polar surface area (TPSA) is 79.5 Å². The minimum absolute atomic E-state index is 0.0348. The van der Waals surface area contributed by atoms with Crippen molar-refractivity contribution in [2.75, 3.05) is 31.6 Å². The predicted molar refractivity (Wildman–Crippen MR) is 110 cm³/mol. The number of hydrogen-bond acceptors (Lipinski definition) is 4. The number of nitrogens with two attached hydrogens (primary N) is 1. The lowest BCUT2D eigenvalue weighted by molar-refractivity contribution is -0.117. The van der Waals surface area contributed by atoms with Gasteiger partial charge in [-0.1, -0.05) is 30.3 Å². The van der Waals surface area contributed by atoms with Crippen molar-refractivity contribution in [1.82, 2.24) is 9.88 Å². The van der Waals surface area contributed by atoms with Crippen LogP contribution in [0.25, 0.3) is 0 Å². The minimum Gasteiger partial charge on any atom is -0.370 e. The summed E-state index contributed by atoms with van der Waals surface area (Å²) in [6.07, 6.45) is 4.99. The molecule has 2 aromatic rings. The van der Waals surface area contributed by atoms with E-state index in [1.165, 1.54) is 5.56 Å². The molecule has 1 fully saturated rings. The number of amides is 2. The first kappa shape index (κ1) is 19.9. The molecule has 2 heterocycles. The molecule has 1 aromatic carbocycles. The molecule has 0 radical (unpaired) electrons. The Balaban J connectivity index is 1.60. The second-order valence-electron chi connectivity index (χ2n) is 7.37. The molecule has 1 aliphatic heterocycles. The highest BCUT2D eigenvalue weighted by Gasteiger charge is 2.22. The maximum atomic E-state index is 12.9. The quantitative estimate of drug-likeness (QED) is 0.836. The fourth-order valence-corrected chi connectivity index (χ4v) is 3.67. The molecule has 0 bridgehead atoms. The number of benzene rings is 1. The number of primary amides is 1. The molecule has 0 aliphatic carbocycles. The summed E-state index contributed by atoms with van der Waals surface area (Å²) in [5, 5.41) is 0. The first-order valence-corrected chi connectivity index (χ1v) is 9.84. The van der Waals surface area contributed by atoms with Crippen molar-refractivity contribution in [2.24, 2.45) is 5.73 Å². The summed E-state index contributed by atoms with van der Waals surface area (Å²) in [6.45, 7) is 2.05. The van der Waals surface area contributed by atoms with Gasteiger partial charge in [0.05, 0.1) is 5.56 Å². The van der Waals surface area contributed by atoms with Gasteiger partial charge in [0.2, 0.25) is 5.91 Å². The van der Waals surface area contributed by atoms with Gasteiger partial charge in [0.25, 0.3) is 5.91 Å². The molecular formula is C22H28N4O2. The van der Waals surface area contributed by atoms with Crippen molar-refractivity contribution in [3.8, 4) is 0 Å². The Kier molecular flexibility index (Phi) is 6.63. The first-order chi connectivity index (χ1) is 13.5. The largest absolute Gasteiger partial charge is 0.370 e. The molecule has 28 heavy (non-hydrogen) atoms. The van der Waals surface area contributed by atoms with Crippen LogP contribution in [-0.4, -0.2) is 48.4 Å². The number of rotatable bonds is 6. The molecule has 148 valence electrons. The number of likely N-dealkylation sites (tertiary alicyclic amines) is 1. The molecule has 1 aromatic heterocycles. The summed E-state index contributed by atoms with van der Waals surface area (Å²) in [5.41, 5.74) is 7.15. The van der Waals surface area contributed by atoms with E-state index in [9.17, 15) is 9.59 Å². The Morgan fingerprint density at radius 1 is 1.14 bits per heavy atom. The third-order valence-electron chi connectivity index (χ3n) is 5.37. The highest BCUT2D eigenvalue weighted by atomic mass is 16.2. The van der Waals surface area contributed by atoms with Crippen LogP contribution in [0.4, 0.5) is 5.82 Å². The lowest BCUT2D eigenvalue weighted by Gasteiger charge is -2.21. The molecule has 2 amide bonds. The van der Waals surface area contributed by atoms with E-state index in [-0.39, 0.29) is 18.2 Å². The molecule has 0 saturated carbocycles. The van der Waals surface area contributed by atoms with Gasteiger partial charge in [-0.3, -0.25) is 9.59 Å². The van der Waals surface area contributed by atoms with E-state index in [0.29, 0.717) is 18.0 Å². The highest BCUT2D eigenvalue weighted by molar-refractivity contribution is 5.94. The molecule has 1 saturated heterocycles. The number of carbonyl (C=O) groups is 2. The Hall–Kier alpha value is -2.89. The number of pyridine rings is 1. The molecule has 0 spiro atoms. The predicted octanol–water partition coefficient (Wildman–Crippen LogP) is 2.80. The van der Waals surface area contributed by atoms with Gasteiger partial charge in [0.1, 0.15) is 5.82 Å². The van der Waals surface area contributed by atoms with Gasteiger partial charge in [-0.25, -0.2) is 4.98 Å². The van der Waals surface area contributed by atoms with E-state index in [1.807, 2.05) is 35.0 Å². The Morgan fingerprint density at radius 2 is 1.93 bits per heavy atom. The van der Waals surface area contributed by atoms with E-state index in [4.69, 9.17) is 5.73 Å². The SMILES string of the molecule is CN(CCC(N)=O)c1ccc(C(=O)N2CCCC(c3ccccc3)CC2)cn1.